The van der Waals surface area contributed by atoms with Crippen molar-refractivity contribution in [3.05, 3.63) is 27.9 Å². The highest BCUT2D eigenvalue weighted by molar-refractivity contribution is 5.75. The van der Waals surface area contributed by atoms with Gasteiger partial charge in [0.2, 0.25) is 5.82 Å². The number of carbonyl (C=O) groups is 1. The molecule has 1 N–H and O–H groups in total. The van der Waals surface area contributed by atoms with E-state index < -0.39 is 10.9 Å². The van der Waals surface area contributed by atoms with Crippen LogP contribution in [0.2, 0.25) is 0 Å². The molecule has 0 atom stereocenters. The molecular weight excluding hydrogens is 238 g/mol. The number of hydrogen-bond acceptors (Lipinski definition) is 5. The molecule has 2 rings (SSSR count). The average Bonchev–Trinajstić information content (AvgIpc) is 3.09. The van der Waals surface area contributed by atoms with Crippen molar-refractivity contribution in [2.45, 2.75) is 25.8 Å². The van der Waals surface area contributed by atoms with Crippen LogP contribution in [0.1, 0.15) is 18.4 Å². The Morgan fingerprint density at radius 1 is 1.67 bits per heavy atom. The minimum atomic E-state index is -1.02. The lowest BCUT2D eigenvalue weighted by molar-refractivity contribution is -0.384. The number of aryl methyl sites for hydroxylation is 1. The van der Waals surface area contributed by atoms with E-state index in [9.17, 15) is 14.9 Å². The maximum absolute atomic E-state index is 11.0. The fourth-order valence-electron chi connectivity index (χ4n) is 1.81. The second-order valence-corrected chi connectivity index (χ2v) is 4.37. The van der Waals surface area contributed by atoms with Crippen LogP contribution in [0.15, 0.2) is 12.3 Å². The van der Waals surface area contributed by atoms with Gasteiger partial charge in [0.05, 0.1) is 4.92 Å². The Bertz CT molecular complexity index is 499. The van der Waals surface area contributed by atoms with Crippen LogP contribution in [0.25, 0.3) is 0 Å². The molecule has 0 aromatic carbocycles. The zero-order chi connectivity index (χ0) is 13.3. The van der Waals surface area contributed by atoms with Gasteiger partial charge in [0.15, 0.2) is 0 Å². The van der Waals surface area contributed by atoms with Gasteiger partial charge in [0.1, 0.15) is 6.54 Å². The predicted octanol–water partition coefficient (Wildman–Crippen LogP) is 1.35. The first kappa shape index (κ1) is 12.3. The molecule has 7 heteroatoms. The van der Waals surface area contributed by atoms with E-state index in [2.05, 4.69) is 4.98 Å². The van der Waals surface area contributed by atoms with E-state index in [0.29, 0.717) is 5.56 Å². The molecule has 0 amide bonds. The van der Waals surface area contributed by atoms with Crippen LogP contribution in [-0.4, -0.2) is 33.6 Å². The molecule has 1 aliphatic rings. The van der Waals surface area contributed by atoms with Crippen molar-refractivity contribution in [2.75, 3.05) is 11.4 Å². The van der Waals surface area contributed by atoms with E-state index in [1.807, 2.05) is 0 Å². The molecule has 1 aliphatic carbocycles. The minimum absolute atomic E-state index is 0.0509. The number of rotatable bonds is 5. The van der Waals surface area contributed by atoms with Crippen LogP contribution >= 0.6 is 0 Å². The summed E-state index contributed by atoms with van der Waals surface area (Å²) in [7, 11) is 0. The van der Waals surface area contributed by atoms with Crippen molar-refractivity contribution in [2.24, 2.45) is 0 Å². The molecule has 0 unspecified atom stereocenters. The molecule has 0 saturated heterocycles. The molecule has 18 heavy (non-hydrogen) atoms. The Balaban J connectivity index is 2.40. The third kappa shape index (κ3) is 2.55. The summed E-state index contributed by atoms with van der Waals surface area (Å²) in [6.45, 7) is 1.45. The Labute approximate surface area is 103 Å². The van der Waals surface area contributed by atoms with E-state index in [1.54, 1.807) is 6.92 Å². The number of aromatic nitrogens is 1. The van der Waals surface area contributed by atoms with Gasteiger partial charge in [-0.05, 0) is 25.3 Å². The third-order valence-electron chi connectivity index (χ3n) is 2.75. The van der Waals surface area contributed by atoms with Crippen LogP contribution in [0.4, 0.5) is 11.5 Å². The number of aliphatic carboxylic acids is 1. The fraction of sp³-hybridized carbons (Fsp3) is 0.455. The lowest BCUT2D eigenvalue weighted by Crippen LogP contribution is -2.33. The highest BCUT2D eigenvalue weighted by Crippen LogP contribution is 2.35. The molecule has 1 heterocycles. The topological polar surface area (TPSA) is 96.6 Å². The van der Waals surface area contributed by atoms with Crippen molar-refractivity contribution < 1.29 is 14.8 Å². The normalized spacial score (nSPS) is 14.3. The molecule has 7 nitrogen and oxygen atoms in total. The standard InChI is InChI=1S/C11H13N3O4/c1-7-4-9(14(17)18)11(12-5-7)13(6-10(15)16)8-2-3-8/h4-5,8H,2-3,6H2,1H3,(H,15,16). The molecule has 1 aromatic rings. The number of carboxylic acid groups (broad SMARTS) is 1. The number of anilines is 1. The number of hydrogen-bond donors (Lipinski definition) is 1. The summed E-state index contributed by atoms with van der Waals surface area (Å²) >= 11 is 0. The molecule has 0 radical (unpaired) electrons. The van der Waals surface area contributed by atoms with Gasteiger partial charge in [-0.15, -0.1) is 0 Å². The summed E-state index contributed by atoms with van der Waals surface area (Å²) in [4.78, 5) is 26.8. The predicted molar refractivity (Wildman–Crippen MR) is 63.6 cm³/mol. The number of pyridine rings is 1. The van der Waals surface area contributed by atoms with Crippen molar-refractivity contribution in [3.63, 3.8) is 0 Å². The zero-order valence-electron chi connectivity index (χ0n) is 9.87. The zero-order valence-corrected chi connectivity index (χ0v) is 9.87. The van der Waals surface area contributed by atoms with Gasteiger partial charge >= 0.3 is 11.7 Å². The second kappa shape index (κ2) is 4.59. The van der Waals surface area contributed by atoms with Gasteiger partial charge in [0, 0.05) is 18.3 Å². The van der Waals surface area contributed by atoms with Crippen LogP contribution < -0.4 is 4.90 Å². The van der Waals surface area contributed by atoms with Gasteiger partial charge in [0.25, 0.3) is 0 Å². The molecule has 1 aromatic heterocycles. The number of nitrogens with zero attached hydrogens (tertiary/aromatic N) is 3. The Kier molecular flexibility index (Phi) is 3.14. The van der Waals surface area contributed by atoms with Crippen molar-refractivity contribution in [1.29, 1.82) is 0 Å². The highest BCUT2D eigenvalue weighted by Gasteiger charge is 2.35. The maximum atomic E-state index is 11.0. The monoisotopic (exact) mass is 251 g/mol. The molecule has 1 saturated carbocycles. The first-order valence-electron chi connectivity index (χ1n) is 5.58. The molecule has 0 aliphatic heterocycles. The SMILES string of the molecule is Cc1cnc(N(CC(=O)O)C2CC2)c([N+](=O)[O-])c1. The third-order valence-corrected chi connectivity index (χ3v) is 2.75. The average molecular weight is 251 g/mol. The van der Waals surface area contributed by atoms with Crippen molar-refractivity contribution >= 4 is 17.5 Å². The van der Waals surface area contributed by atoms with Crippen LogP contribution in [0.5, 0.6) is 0 Å². The summed E-state index contributed by atoms with van der Waals surface area (Å²) in [5.74, 6) is -0.867. The van der Waals surface area contributed by atoms with Crippen LogP contribution in [0.3, 0.4) is 0 Å². The number of carboxylic acids is 1. The van der Waals surface area contributed by atoms with Crippen molar-refractivity contribution in [1.82, 2.24) is 4.98 Å². The first-order chi connectivity index (χ1) is 8.49. The molecule has 1 fully saturated rings. The lowest BCUT2D eigenvalue weighted by Gasteiger charge is -2.20. The van der Waals surface area contributed by atoms with Gasteiger partial charge in [-0.3, -0.25) is 14.9 Å². The lowest BCUT2D eigenvalue weighted by atomic mass is 10.2. The van der Waals surface area contributed by atoms with Gasteiger partial charge in [-0.2, -0.15) is 0 Å². The quantitative estimate of drug-likeness (QED) is 0.626. The van der Waals surface area contributed by atoms with Gasteiger partial charge < -0.3 is 10.0 Å². The van der Waals surface area contributed by atoms with Crippen LogP contribution in [0, 0.1) is 17.0 Å². The maximum Gasteiger partial charge on any atom is 0.323 e. The first-order valence-corrected chi connectivity index (χ1v) is 5.58. The van der Waals surface area contributed by atoms with E-state index in [1.165, 1.54) is 17.2 Å². The summed E-state index contributed by atoms with van der Waals surface area (Å²) in [5.41, 5.74) is 0.541. The molecule has 0 spiro atoms. The summed E-state index contributed by atoms with van der Waals surface area (Å²) in [6, 6.07) is 1.47. The highest BCUT2D eigenvalue weighted by atomic mass is 16.6. The minimum Gasteiger partial charge on any atom is -0.480 e. The molecular formula is C11H13N3O4. The Morgan fingerprint density at radius 3 is 2.83 bits per heavy atom. The molecule has 96 valence electrons. The largest absolute Gasteiger partial charge is 0.480 e. The van der Waals surface area contributed by atoms with E-state index in [4.69, 9.17) is 5.11 Å². The van der Waals surface area contributed by atoms with E-state index in [-0.39, 0.29) is 24.1 Å². The summed E-state index contributed by atoms with van der Waals surface area (Å²) in [6.07, 6.45) is 3.21. The van der Waals surface area contributed by atoms with E-state index >= 15 is 0 Å². The van der Waals surface area contributed by atoms with Gasteiger partial charge in [-0.1, -0.05) is 0 Å². The Morgan fingerprint density at radius 2 is 2.33 bits per heavy atom. The molecule has 0 bridgehead atoms. The summed E-state index contributed by atoms with van der Waals surface area (Å²) in [5, 5.41) is 19.9. The van der Waals surface area contributed by atoms with E-state index in [0.717, 1.165) is 12.8 Å². The van der Waals surface area contributed by atoms with Gasteiger partial charge in [-0.25, -0.2) is 4.98 Å². The fourth-order valence-corrected chi connectivity index (χ4v) is 1.81. The smallest absolute Gasteiger partial charge is 0.323 e. The number of nitro groups is 1. The van der Waals surface area contributed by atoms with Crippen molar-refractivity contribution in [3.8, 4) is 0 Å². The van der Waals surface area contributed by atoms with Crippen LogP contribution in [-0.2, 0) is 4.79 Å². The summed E-state index contributed by atoms with van der Waals surface area (Å²) < 4.78 is 0. The Hall–Kier alpha value is -2.18. The second-order valence-electron chi connectivity index (χ2n) is 4.37.